The lowest BCUT2D eigenvalue weighted by molar-refractivity contribution is -0.253. The second-order valence-electron chi connectivity index (χ2n) is 4.81. The van der Waals surface area contributed by atoms with E-state index in [1.807, 2.05) is 6.07 Å². The number of nitrogens with zero attached hydrogens (tertiary/aromatic N) is 1. The van der Waals surface area contributed by atoms with E-state index in [1.54, 1.807) is 24.3 Å². The van der Waals surface area contributed by atoms with Crippen LogP contribution in [0.2, 0.25) is 0 Å². The number of carbonyl (C=O) groups excluding carboxylic acids is 1. The lowest BCUT2D eigenvalue weighted by Gasteiger charge is -2.26. The number of amides is 1. The van der Waals surface area contributed by atoms with Crippen LogP contribution in [0.15, 0.2) is 30.3 Å². The summed E-state index contributed by atoms with van der Waals surface area (Å²) in [5.41, 5.74) is -2.07. The summed E-state index contributed by atoms with van der Waals surface area (Å²) < 4.78 is 37.9. The molecule has 0 bridgehead atoms. The summed E-state index contributed by atoms with van der Waals surface area (Å²) >= 11 is 0. The van der Waals surface area contributed by atoms with E-state index in [1.165, 1.54) is 0 Å². The zero-order valence-electron chi connectivity index (χ0n) is 10.7. The van der Waals surface area contributed by atoms with Crippen LogP contribution in [-0.2, 0) is 4.79 Å². The molecule has 4 nitrogen and oxygen atoms in total. The van der Waals surface area contributed by atoms with Crippen molar-refractivity contribution in [2.24, 2.45) is 0 Å². The highest BCUT2D eigenvalue weighted by Crippen LogP contribution is 2.37. The molecule has 1 saturated heterocycles. The lowest BCUT2D eigenvalue weighted by atomic mass is 10.0. The van der Waals surface area contributed by atoms with Gasteiger partial charge in [0.2, 0.25) is 5.91 Å². The average Bonchev–Trinajstić information content (AvgIpc) is 2.81. The number of hydrogen-bond acceptors (Lipinski definition) is 3. The van der Waals surface area contributed by atoms with Gasteiger partial charge in [0.05, 0.1) is 13.1 Å². The average molecular weight is 288 g/mol. The van der Waals surface area contributed by atoms with Gasteiger partial charge in [-0.3, -0.25) is 4.79 Å². The summed E-state index contributed by atoms with van der Waals surface area (Å²) in [6, 6.07) is 8.89. The Labute approximate surface area is 114 Å². The zero-order chi connectivity index (χ0) is 14.8. The van der Waals surface area contributed by atoms with Crippen LogP contribution in [0, 0.1) is 0 Å². The molecule has 20 heavy (non-hydrogen) atoms. The van der Waals surface area contributed by atoms with Gasteiger partial charge in [0, 0.05) is 18.7 Å². The van der Waals surface area contributed by atoms with Crippen LogP contribution in [0.3, 0.4) is 0 Å². The predicted octanol–water partition coefficient (Wildman–Crippen LogP) is 1.62. The van der Waals surface area contributed by atoms with Crippen LogP contribution in [0.1, 0.15) is 6.42 Å². The van der Waals surface area contributed by atoms with E-state index in [-0.39, 0.29) is 13.1 Å². The molecule has 2 rings (SSSR count). The van der Waals surface area contributed by atoms with Crippen molar-refractivity contribution >= 4 is 11.6 Å². The molecule has 1 aliphatic rings. The summed E-state index contributed by atoms with van der Waals surface area (Å²) in [5.74, 6) is -0.464. The fraction of sp³-hybridized carbons (Fsp3) is 0.462. The number of β-amino-alcohol motifs (C(OH)–C–C–N with tert-alkyl or cyclic N) is 1. The van der Waals surface area contributed by atoms with Crippen LogP contribution < -0.4 is 5.32 Å². The smallest absolute Gasteiger partial charge is 0.379 e. The van der Waals surface area contributed by atoms with Gasteiger partial charge >= 0.3 is 6.18 Å². The molecule has 0 spiro atoms. The van der Waals surface area contributed by atoms with Gasteiger partial charge in [-0.1, -0.05) is 18.2 Å². The van der Waals surface area contributed by atoms with Crippen molar-refractivity contribution in [2.45, 2.75) is 18.2 Å². The number of benzene rings is 1. The Hall–Kier alpha value is -1.76. The number of hydrogen-bond donors (Lipinski definition) is 2. The molecule has 2 N–H and O–H groups in total. The second-order valence-corrected chi connectivity index (χ2v) is 4.81. The van der Waals surface area contributed by atoms with E-state index in [0.717, 1.165) is 4.90 Å². The number of carbonyl (C=O) groups is 1. The van der Waals surface area contributed by atoms with Gasteiger partial charge in [-0.15, -0.1) is 0 Å². The molecule has 1 amide bonds. The molecule has 0 saturated carbocycles. The van der Waals surface area contributed by atoms with Crippen LogP contribution >= 0.6 is 0 Å². The van der Waals surface area contributed by atoms with Gasteiger partial charge in [0.1, 0.15) is 0 Å². The van der Waals surface area contributed by atoms with Crippen LogP contribution in [0.5, 0.6) is 0 Å². The van der Waals surface area contributed by atoms with Crippen molar-refractivity contribution in [3.63, 3.8) is 0 Å². The highest BCUT2D eigenvalue weighted by atomic mass is 19.4. The number of anilines is 1. The monoisotopic (exact) mass is 288 g/mol. The Morgan fingerprint density at radius 2 is 2.00 bits per heavy atom. The Bertz CT molecular complexity index is 478. The molecule has 0 aromatic heterocycles. The molecule has 0 aliphatic carbocycles. The van der Waals surface area contributed by atoms with Crippen LogP contribution in [0.25, 0.3) is 0 Å². The van der Waals surface area contributed by atoms with Gasteiger partial charge in [-0.25, -0.2) is 0 Å². The third-order valence-corrected chi connectivity index (χ3v) is 3.35. The largest absolute Gasteiger partial charge is 0.419 e. The third kappa shape index (κ3) is 3.04. The summed E-state index contributed by atoms with van der Waals surface area (Å²) in [6.07, 6.45) is -5.19. The number of likely N-dealkylation sites (tertiary alicyclic amines) is 1. The van der Waals surface area contributed by atoms with Crippen molar-refractivity contribution in [1.29, 1.82) is 0 Å². The van der Waals surface area contributed by atoms with Gasteiger partial charge in [-0.05, 0) is 12.1 Å². The van der Waals surface area contributed by atoms with Gasteiger partial charge in [-0.2, -0.15) is 13.2 Å². The molecule has 0 radical (unpaired) electrons. The number of nitrogens with one attached hydrogen (secondary N) is 1. The minimum Gasteiger partial charge on any atom is -0.379 e. The molecule has 110 valence electrons. The number of alkyl halides is 3. The first-order chi connectivity index (χ1) is 9.32. The van der Waals surface area contributed by atoms with Gasteiger partial charge in [0.15, 0.2) is 5.60 Å². The Morgan fingerprint density at radius 3 is 2.55 bits per heavy atom. The first-order valence-electron chi connectivity index (χ1n) is 6.18. The predicted molar refractivity (Wildman–Crippen MR) is 67.1 cm³/mol. The van der Waals surface area contributed by atoms with E-state index in [9.17, 15) is 23.1 Å². The maximum atomic E-state index is 12.6. The van der Waals surface area contributed by atoms with Crippen molar-refractivity contribution in [3.8, 4) is 0 Å². The Kier molecular flexibility index (Phi) is 3.89. The minimum atomic E-state index is -4.71. The molecule has 1 atom stereocenters. The molecule has 1 heterocycles. The Balaban J connectivity index is 1.89. The second kappa shape index (κ2) is 5.32. The SMILES string of the molecule is O=C(CNc1ccccc1)N1CCC(O)(C(F)(F)F)C1. The minimum absolute atomic E-state index is 0.0920. The molecular formula is C13H15F3N2O2. The molecule has 1 aromatic rings. The molecule has 1 unspecified atom stereocenters. The standard InChI is InChI=1S/C13H15F3N2O2/c14-13(15,16)12(20)6-7-18(9-12)11(19)8-17-10-4-2-1-3-5-10/h1-5,17,20H,6-9H2. The summed E-state index contributed by atoms with van der Waals surface area (Å²) in [4.78, 5) is 12.8. The van der Waals surface area contributed by atoms with Crippen molar-refractivity contribution < 1.29 is 23.1 Å². The molecular weight excluding hydrogens is 273 g/mol. The molecule has 1 fully saturated rings. The van der Waals surface area contributed by atoms with Gasteiger partial charge in [0.25, 0.3) is 0 Å². The molecule has 1 aliphatic heterocycles. The van der Waals surface area contributed by atoms with Crippen LogP contribution in [0.4, 0.5) is 18.9 Å². The van der Waals surface area contributed by atoms with Gasteiger partial charge < -0.3 is 15.3 Å². The number of rotatable bonds is 3. The van der Waals surface area contributed by atoms with E-state index in [0.29, 0.717) is 5.69 Å². The Morgan fingerprint density at radius 1 is 1.35 bits per heavy atom. The lowest BCUT2D eigenvalue weighted by Crippen LogP contribution is -2.48. The summed E-state index contributed by atoms with van der Waals surface area (Å²) in [7, 11) is 0. The quantitative estimate of drug-likeness (QED) is 0.888. The highest BCUT2D eigenvalue weighted by Gasteiger charge is 2.57. The number of para-hydroxylation sites is 1. The zero-order valence-corrected chi connectivity index (χ0v) is 10.7. The summed E-state index contributed by atoms with van der Waals surface area (Å²) in [5, 5.41) is 12.3. The fourth-order valence-corrected chi connectivity index (χ4v) is 2.08. The fourth-order valence-electron chi connectivity index (χ4n) is 2.08. The summed E-state index contributed by atoms with van der Waals surface area (Å²) in [6.45, 7) is -0.894. The number of aliphatic hydroxyl groups is 1. The molecule has 7 heteroatoms. The topological polar surface area (TPSA) is 52.6 Å². The maximum Gasteiger partial charge on any atom is 0.419 e. The first kappa shape index (κ1) is 14.6. The van der Waals surface area contributed by atoms with E-state index in [2.05, 4.69) is 5.32 Å². The number of halogens is 3. The van der Waals surface area contributed by atoms with E-state index in [4.69, 9.17) is 0 Å². The van der Waals surface area contributed by atoms with Crippen molar-refractivity contribution in [2.75, 3.05) is 25.0 Å². The van der Waals surface area contributed by atoms with Crippen LogP contribution in [-0.4, -0.2) is 47.3 Å². The van der Waals surface area contributed by atoms with Crippen molar-refractivity contribution in [3.05, 3.63) is 30.3 Å². The highest BCUT2D eigenvalue weighted by molar-refractivity contribution is 5.81. The third-order valence-electron chi connectivity index (χ3n) is 3.35. The van der Waals surface area contributed by atoms with Crippen molar-refractivity contribution in [1.82, 2.24) is 4.90 Å². The maximum absolute atomic E-state index is 12.6. The van der Waals surface area contributed by atoms with E-state index < -0.39 is 30.7 Å². The normalized spacial score (nSPS) is 22.9. The van der Waals surface area contributed by atoms with E-state index >= 15 is 0 Å². The molecule has 1 aromatic carbocycles. The first-order valence-corrected chi connectivity index (χ1v) is 6.18.